The fourth-order valence-corrected chi connectivity index (χ4v) is 2.80. The number of alkyl halides is 2. The molecule has 0 aromatic heterocycles. The highest BCUT2D eigenvalue weighted by atomic mass is 35.5. The van der Waals surface area contributed by atoms with Gasteiger partial charge >= 0.3 is 6.09 Å². The van der Waals surface area contributed by atoms with Crippen LogP contribution >= 0.6 is 23.2 Å². The number of carboxylic acid groups (broad SMARTS) is 1. The third kappa shape index (κ3) is 1.28. The minimum atomic E-state index is -1.19. The van der Waals surface area contributed by atoms with Gasteiger partial charge in [-0.15, -0.1) is 23.2 Å². The Morgan fingerprint density at radius 2 is 2.07 bits per heavy atom. The number of imide groups is 1. The molecule has 1 saturated heterocycles. The van der Waals surface area contributed by atoms with Gasteiger partial charge in [-0.1, -0.05) is 0 Å². The number of nitrogens with zero attached hydrogens (tertiary/aromatic N) is 1. The van der Waals surface area contributed by atoms with Crippen molar-refractivity contribution in [3.63, 3.8) is 0 Å². The number of likely N-dealkylation sites (tertiary alicyclic amines) is 1. The van der Waals surface area contributed by atoms with Crippen LogP contribution < -0.4 is 0 Å². The summed E-state index contributed by atoms with van der Waals surface area (Å²) in [5.74, 6) is -0.396. The third-order valence-electron chi connectivity index (χ3n) is 3.05. The fourth-order valence-electron chi connectivity index (χ4n) is 1.97. The van der Waals surface area contributed by atoms with Crippen molar-refractivity contribution < 1.29 is 14.7 Å². The van der Waals surface area contributed by atoms with Crippen LogP contribution in [0.2, 0.25) is 0 Å². The normalized spacial score (nSPS) is 34.7. The van der Waals surface area contributed by atoms with Gasteiger partial charge < -0.3 is 5.11 Å². The van der Waals surface area contributed by atoms with Gasteiger partial charge in [0.25, 0.3) is 0 Å². The topological polar surface area (TPSA) is 57.6 Å². The first-order valence-electron chi connectivity index (χ1n) is 4.29. The second kappa shape index (κ2) is 2.76. The molecule has 1 N–H and O–H groups in total. The number of halogens is 2. The van der Waals surface area contributed by atoms with Gasteiger partial charge in [-0.3, -0.25) is 4.79 Å². The second-order valence-electron chi connectivity index (χ2n) is 3.92. The van der Waals surface area contributed by atoms with Crippen LogP contribution in [-0.2, 0) is 4.79 Å². The third-order valence-corrected chi connectivity index (χ3v) is 4.12. The summed E-state index contributed by atoms with van der Waals surface area (Å²) in [6, 6.07) is 0. The lowest BCUT2D eigenvalue weighted by molar-refractivity contribution is -0.133. The van der Waals surface area contributed by atoms with Crippen LogP contribution in [0.4, 0.5) is 4.79 Å². The lowest BCUT2D eigenvalue weighted by Gasteiger charge is -2.29. The summed E-state index contributed by atoms with van der Waals surface area (Å²) in [6.07, 6.45) is 0.104. The molecule has 1 saturated carbocycles. The van der Waals surface area contributed by atoms with Crippen LogP contribution in [0, 0.1) is 5.41 Å². The molecule has 2 rings (SSSR count). The predicted molar refractivity (Wildman–Crippen MR) is 50.5 cm³/mol. The fraction of sp³-hybridized carbons (Fsp3) is 0.750. The summed E-state index contributed by atoms with van der Waals surface area (Å²) in [5.41, 5.74) is -0.362. The van der Waals surface area contributed by atoms with Gasteiger partial charge in [-0.2, -0.15) is 0 Å². The van der Waals surface area contributed by atoms with Crippen LogP contribution in [0.3, 0.4) is 0 Å². The van der Waals surface area contributed by atoms with Gasteiger partial charge in [0.15, 0.2) is 0 Å². The Bertz CT molecular complexity index is 318. The van der Waals surface area contributed by atoms with E-state index >= 15 is 0 Å². The van der Waals surface area contributed by atoms with Crippen LogP contribution in [-0.4, -0.2) is 32.9 Å². The van der Waals surface area contributed by atoms with Crippen LogP contribution in [0.25, 0.3) is 0 Å². The van der Waals surface area contributed by atoms with Crippen LogP contribution in [0.5, 0.6) is 0 Å². The maximum Gasteiger partial charge on any atom is 0.414 e. The van der Waals surface area contributed by atoms with Gasteiger partial charge in [-0.05, 0) is 12.8 Å². The zero-order valence-electron chi connectivity index (χ0n) is 7.30. The van der Waals surface area contributed by atoms with Crippen molar-refractivity contribution in [2.75, 3.05) is 6.54 Å². The molecule has 2 fully saturated rings. The van der Waals surface area contributed by atoms with E-state index in [4.69, 9.17) is 28.3 Å². The maximum absolute atomic E-state index is 11.4. The van der Waals surface area contributed by atoms with Crippen molar-refractivity contribution in [1.29, 1.82) is 0 Å². The van der Waals surface area contributed by atoms with Crippen LogP contribution in [0.15, 0.2) is 0 Å². The quantitative estimate of drug-likeness (QED) is 0.655. The van der Waals surface area contributed by atoms with Crippen molar-refractivity contribution >= 4 is 35.2 Å². The van der Waals surface area contributed by atoms with E-state index in [2.05, 4.69) is 0 Å². The molecule has 0 radical (unpaired) electrons. The van der Waals surface area contributed by atoms with E-state index in [1.54, 1.807) is 0 Å². The number of hydrogen-bond acceptors (Lipinski definition) is 2. The molecule has 14 heavy (non-hydrogen) atoms. The highest BCUT2D eigenvalue weighted by molar-refractivity contribution is 6.51. The molecule has 0 aromatic carbocycles. The van der Waals surface area contributed by atoms with E-state index in [9.17, 15) is 9.59 Å². The van der Waals surface area contributed by atoms with Crippen molar-refractivity contribution in [1.82, 2.24) is 4.90 Å². The van der Waals surface area contributed by atoms with Crippen molar-refractivity contribution in [3.8, 4) is 0 Å². The van der Waals surface area contributed by atoms with E-state index in [-0.39, 0.29) is 18.4 Å². The average Bonchev–Trinajstić information content (AvgIpc) is 2.50. The first kappa shape index (κ1) is 10.1. The van der Waals surface area contributed by atoms with E-state index in [0.29, 0.717) is 12.8 Å². The Morgan fingerprint density at radius 3 is 2.43 bits per heavy atom. The molecule has 1 spiro atoms. The van der Waals surface area contributed by atoms with Gasteiger partial charge in [0.1, 0.15) is 4.33 Å². The minimum Gasteiger partial charge on any atom is -0.465 e. The van der Waals surface area contributed by atoms with Gasteiger partial charge in [0.05, 0.1) is 0 Å². The summed E-state index contributed by atoms with van der Waals surface area (Å²) < 4.78 is -0.826. The molecule has 0 aromatic rings. The average molecular weight is 238 g/mol. The molecular formula is C8H9Cl2NO3. The minimum absolute atomic E-state index is 0.145. The van der Waals surface area contributed by atoms with Crippen molar-refractivity contribution in [2.24, 2.45) is 5.41 Å². The Kier molecular flexibility index (Phi) is 1.98. The molecule has 1 aliphatic heterocycles. The molecular weight excluding hydrogens is 229 g/mol. The second-order valence-corrected chi connectivity index (χ2v) is 5.40. The monoisotopic (exact) mass is 237 g/mol. The number of carbonyl (C=O) groups excluding carboxylic acids is 1. The van der Waals surface area contributed by atoms with Crippen molar-refractivity contribution in [2.45, 2.75) is 23.6 Å². The Hall–Kier alpha value is -0.480. The highest BCUT2D eigenvalue weighted by Crippen LogP contribution is 2.68. The highest BCUT2D eigenvalue weighted by Gasteiger charge is 2.68. The molecule has 1 heterocycles. The molecule has 2 aliphatic rings. The molecule has 4 nitrogen and oxygen atoms in total. The Labute approximate surface area is 90.8 Å². The summed E-state index contributed by atoms with van der Waals surface area (Å²) in [5, 5.41) is 8.67. The Balaban J connectivity index is 2.09. The van der Waals surface area contributed by atoms with E-state index in [0.717, 1.165) is 4.90 Å². The summed E-state index contributed by atoms with van der Waals surface area (Å²) in [4.78, 5) is 22.8. The summed E-state index contributed by atoms with van der Waals surface area (Å²) >= 11 is 11.8. The van der Waals surface area contributed by atoms with Gasteiger partial charge in [-0.25, -0.2) is 9.69 Å². The number of hydrogen-bond donors (Lipinski definition) is 1. The summed E-state index contributed by atoms with van der Waals surface area (Å²) in [7, 11) is 0. The maximum atomic E-state index is 11.4. The van der Waals surface area contributed by atoms with E-state index in [1.165, 1.54) is 0 Å². The SMILES string of the molecule is O=C(O)N1CCC2(CC1=O)CC2(Cl)Cl. The van der Waals surface area contributed by atoms with E-state index < -0.39 is 16.3 Å². The largest absolute Gasteiger partial charge is 0.465 e. The number of amides is 2. The molecule has 1 unspecified atom stereocenters. The predicted octanol–water partition coefficient (Wildman–Crippen LogP) is 1.85. The number of piperidine rings is 1. The first-order valence-corrected chi connectivity index (χ1v) is 5.05. The van der Waals surface area contributed by atoms with Gasteiger partial charge in [0, 0.05) is 18.4 Å². The number of carbonyl (C=O) groups is 2. The Morgan fingerprint density at radius 1 is 1.50 bits per heavy atom. The molecule has 1 atom stereocenters. The standard InChI is InChI=1S/C8H9Cl2NO3/c9-8(10)4-7(8)1-2-11(6(13)14)5(12)3-7/h1-4H2,(H,13,14). The smallest absolute Gasteiger partial charge is 0.414 e. The van der Waals surface area contributed by atoms with Gasteiger partial charge in [0.2, 0.25) is 5.91 Å². The summed E-state index contributed by atoms with van der Waals surface area (Å²) in [6.45, 7) is 0.204. The zero-order valence-corrected chi connectivity index (χ0v) is 8.81. The van der Waals surface area contributed by atoms with Crippen molar-refractivity contribution in [3.05, 3.63) is 0 Å². The van der Waals surface area contributed by atoms with E-state index in [1.807, 2.05) is 0 Å². The molecule has 6 heteroatoms. The molecule has 0 bridgehead atoms. The molecule has 2 amide bonds. The molecule has 78 valence electrons. The lowest BCUT2D eigenvalue weighted by Crippen LogP contribution is -2.43. The first-order chi connectivity index (χ1) is 6.38. The zero-order chi connectivity index (χ0) is 10.6. The molecule has 1 aliphatic carbocycles. The van der Waals surface area contributed by atoms with Crippen LogP contribution in [0.1, 0.15) is 19.3 Å². The number of rotatable bonds is 0. The lowest BCUT2D eigenvalue weighted by atomic mass is 9.93.